The minimum atomic E-state index is -0.463. The monoisotopic (exact) mass is 483 g/mol. The number of rotatable bonds is 7. The van der Waals surface area contributed by atoms with Crippen molar-refractivity contribution >= 4 is 41.0 Å². The highest BCUT2D eigenvalue weighted by atomic mass is 32.2. The topological polar surface area (TPSA) is 106 Å². The van der Waals surface area contributed by atoms with Gasteiger partial charge in [-0.25, -0.2) is 4.68 Å². The Hall–Kier alpha value is -2.85. The summed E-state index contributed by atoms with van der Waals surface area (Å²) in [7, 11) is 0. The molecule has 3 amide bonds. The van der Waals surface area contributed by atoms with Crippen LogP contribution in [0.5, 0.6) is 0 Å². The Kier molecular flexibility index (Phi) is 6.60. The summed E-state index contributed by atoms with van der Waals surface area (Å²) in [6.45, 7) is 3.58. The number of fused-ring (bicyclic) bond motifs is 1. The lowest BCUT2D eigenvalue weighted by atomic mass is 10.1. The number of benzene rings is 1. The lowest BCUT2D eigenvalue weighted by Gasteiger charge is -2.17. The van der Waals surface area contributed by atoms with Crippen LogP contribution >= 0.6 is 11.8 Å². The fourth-order valence-corrected chi connectivity index (χ4v) is 5.66. The van der Waals surface area contributed by atoms with Gasteiger partial charge in [-0.05, 0) is 31.9 Å². The van der Waals surface area contributed by atoms with Crippen LogP contribution in [0.3, 0.4) is 0 Å². The van der Waals surface area contributed by atoms with E-state index < -0.39 is 5.92 Å². The van der Waals surface area contributed by atoms with E-state index in [2.05, 4.69) is 15.7 Å². The van der Waals surface area contributed by atoms with E-state index in [-0.39, 0.29) is 36.8 Å². The predicted molar refractivity (Wildman–Crippen MR) is 129 cm³/mol. The maximum absolute atomic E-state index is 13.2. The first-order chi connectivity index (χ1) is 16.5. The Morgan fingerprint density at radius 3 is 2.82 bits per heavy atom. The summed E-state index contributed by atoms with van der Waals surface area (Å²) in [5, 5.41) is 10.5. The van der Waals surface area contributed by atoms with Crippen LogP contribution in [0, 0.1) is 12.8 Å². The molecule has 0 bridgehead atoms. The number of thioether (sulfide) groups is 1. The van der Waals surface area contributed by atoms with Crippen LogP contribution in [0.1, 0.15) is 36.1 Å². The van der Waals surface area contributed by atoms with Crippen LogP contribution in [0.2, 0.25) is 0 Å². The van der Waals surface area contributed by atoms with Crippen LogP contribution in [0.25, 0.3) is 0 Å². The fourth-order valence-electron chi connectivity index (χ4n) is 4.62. The maximum Gasteiger partial charge on any atom is 0.241 e. The quantitative estimate of drug-likeness (QED) is 0.626. The number of aryl methyl sites for hydroxylation is 1. The predicted octanol–water partition coefficient (Wildman–Crippen LogP) is 2.23. The zero-order chi connectivity index (χ0) is 23.7. The van der Waals surface area contributed by atoms with Gasteiger partial charge in [0.1, 0.15) is 12.4 Å². The van der Waals surface area contributed by atoms with Gasteiger partial charge >= 0.3 is 0 Å². The molecule has 3 aliphatic heterocycles. The molecule has 9 nitrogen and oxygen atoms in total. The molecule has 3 aliphatic rings. The molecular formula is C24H29N5O4S. The van der Waals surface area contributed by atoms with Gasteiger partial charge in [0.05, 0.1) is 17.7 Å². The molecule has 0 radical (unpaired) electrons. The zero-order valence-corrected chi connectivity index (χ0v) is 20.0. The first-order valence-electron chi connectivity index (χ1n) is 11.7. The summed E-state index contributed by atoms with van der Waals surface area (Å²) in [5.74, 6) is 1.15. The van der Waals surface area contributed by atoms with Crippen LogP contribution in [-0.4, -0.2) is 53.3 Å². The molecule has 0 spiro atoms. The summed E-state index contributed by atoms with van der Waals surface area (Å²) in [4.78, 5) is 40.0. The largest absolute Gasteiger partial charge is 0.376 e. The Morgan fingerprint density at radius 1 is 1.24 bits per heavy atom. The first kappa shape index (κ1) is 22.9. The maximum atomic E-state index is 13.2. The number of hydrogen-bond donors (Lipinski definition) is 2. The highest BCUT2D eigenvalue weighted by molar-refractivity contribution is 7.98. The number of anilines is 2. The van der Waals surface area contributed by atoms with Crippen LogP contribution in [-0.2, 0) is 37.2 Å². The van der Waals surface area contributed by atoms with Crippen LogP contribution in [0.15, 0.2) is 24.3 Å². The lowest BCUT2D eigenvalue weighted by molar-refractivity contribution is -0.123. The van der Waals surface area contributed by atoms with E-state index in [9.17, 15) is 14.4 Å². The molecule has 5 rings (SSSR count). The van der Waals surface area contributed by atoms with Crippen molar-refractivity contribution in [2.24, 2.45) is 5.92 Å². The number of carbonyl (C=O) groups excluding carboxylic acids is 3. The van der Waals surface area contributed by atoms with E-state index in [1.54, 1.807) is 21.3 Å². The smallest absolute Gasteiger partial charge is 0.241 e. The number of ether oxygens (including phenoxy) is 1. The van der Waals surface area contributed by atoms with Crippen molar-refractivity contribution in [2.45, 2.75) is 50.3 Å². The van der Waals surface area contributed by atoms with Crippen molar-refractivity contribution in [2.75, 3.05) is 29.9 Å². The molecule has 0 saturated carbocycles. The Labute approximate surface area is 202 Å². The fraction of sp³-hybridized carbons (Fsp3) is 0.500. The molecular weight excluding hydrogens is 454 g/mol. The number of nitrogens with one attached hydrogen (secondary N) is 2. The van der Waals surface area contributed by atoms with Gasteiger partial charge < -0.3 is 20.3 Å². The average molecular weight is 484 g/mol. The third kappa shape index (κ3) is 4.83. The molecule has 1 aromatic heterocycles. The van der Waals surface area contributed by atoms with Gasteiger partial charge in [-0.1, -0.05) is 17.7 Å². The SMILES string of the molecule is Cc1ccc(N2CC(C(=O)Nc3c4c(nn3CC(=O)NCC3CCCO3)CSC4)CC2=O)cc1. The molecule has 10 heteroatoms. The van der Waals surface area contributed by atoms with Crippen molar-refractivity contribution in [3.05, 3.63) is 41.1 Å². The van der Waals surface area contributed by atoms with E-state index in [0.29, 0.717) is 18.9 Å². The van der Waals surface area contributed by atoms with Crippen molar-refractivity contribution in [1.82, 2.24) is 15.1 Å². The van der Waals surface area contributed by atoms with Gasteiger partial charge in [0.15, 0.2) is 0 Å². The highest BCUT2D eigenvalue weighted by Gasteiger charge is 2.36. The summed E-state index contributed by atoms with van der Waals surface area (Å²) < 4.78 is 7.15. The second-order valence-corrected chi connectivity index (χ2v) is 10.1. The Balaban J connectivity index is 1.25. The van der Waals surface area contributed by atoms with Gasteiger partial charge in [-0.15, -0.1) is 0 Å². The molecule has 1 aromatic carbocycles. The third-order valence-electron chi connectivity index (χ3n) is 6.55. The first-order valence-corrected chi connectivity index (χ1v) is 12.9. The number of amides is 3. The van der Waals surface area contributed by atoms with Crippen molar-refractivity contribution in [3.8, 4) is 0 Å². The molecule has 2 aromatic rings. The number of hydrogen-bond acceptors (Lipinski definition) is 6. The molecule has 4 heterocycles. The van der Waals surface area contributed by atoms with Gasteiger partial charge in [0.2, 0.25) is 17.7 Å². The van der Waals surface area contributed by atoms with E-state index in [4.69, 9.17) is 4.74 Å². The number of carbonyl (C=O) groups is 3. The molecule has 2 fully saturated rings. The number of aromatic nitrogens is 2. The third-order valence-corrected chi connectivity index (χ3v) is 7.52. The highest BCUT2D eigenvalue weighted by Crippen LogP contribution is 2.35. The van der Waals surface area contributed by atoms with Crippen LogP contribution in [0.4, 0.5) is 11.5 Å². The average Bonchev–Trinajstić information content (AvgIpc) is 3.60. The van der Waals surface area contributed by atoms with E-state index >= 15 is 0 Å². The summed E-state index contributed by atoms with van der Waals surface area (Å²) >= 11 is 1.73. The Bertz CT molecular complexity index is 1090. The van der Waals surface area contributed by atoms with Gasteiger partial charge in [0, 0.05) is 48.9 Å². The Morgan fingerprint density at radius 2 is 2.06 bits per heavy atom. The second-order valence-electron chi connectivity index (χ2n) is 9.09. The van der Waals surface area contributed by atoms with Crippen molar-refractivity contribution < 1.29 is 19.1 Å². The minimum absolute atomic E-state index is 0.0269. The molecule has 34 heavy (non-hydrogen) atoms. The van der Waals surface area contributed by atoms with Crippen molar-refractivity contribution in [3.63, 3.8) is 0 Å². The molecule has 2 N–H and O–H groups in total. The summed E-state index contributed by atoms with van der Waals surface area (Å²) in [5.41, 5.74) is 3.78. The lowest BCUT2D eigenvalue weighted by Crippen LogP contribution is -2.35. The summed E-state index contributed by atoms with van der Waals surface area (Å²) in [6, 6.07) is 7.72. The molecule has 2 atom stereocenters. The molecule has 2 unspecified atom stereocenters. The van der Waals surface area contributed by atoms with Gasteiger partial charge in [-0.3, -0.25) is 14.4 Å². The summed E-state index contributed by atoms with van der Waals surface area (Å²) in [6.07, 6.45) is 2.20. The van der Waals surface area contributed by atoms with Crippen molar-refractivity contribution in [1.29, 1.82) is 0 Å². The molecule has 0 aliphatic carbocycles. The standard InChI is InChI=1S/C24H29N5O4S/c1-15-4-6-17(7-5-15)28-11-16(9-22(28)31)24(32)26-23-19-13-34-14-20(19)27-29(23)12-21(30)25-10-18-3-2-8-33-18/h4-7,16,18H,2-3,8-14H2,1H3,(H,25,30)(H,26,32). The molecule has 2 saturated heterocycles. The minimum Gasteiger partial charge on any atom is -0.376 e. The van der Waals surface area contributed by atoms with E-state index in [1.807, 2.05) is 31.2 Å². The zero-order valence-electron chi connectivity index (χ0n) is 19.2. The van der Waals surface area contributed by atoms with Gasteiger partial charge in [0.25, 0.3) is 0 Å². The van der Waals surface area contributed by atoms with E-state index in [0.717, 1.165) is 53.5 Å². The van der Waals surface area contributed by atoms with E-state index in [1.165, 1.54) is 0 Å². The number of nitrogens with zero attached hydrogens (tertiary/aromatic N) is 3. The normalized spacial score (nSPS) is 21.7. The second kappa shape index (κ2) is 9.79. The van der Waals surface area contributed by atoms with Gasteiger partial charge in [-0.2, -0.15) is 16.9 Å². The molecule has 180 valence electrons. The van der Waals surface area contributed by atoms with Crippen LogP contribution < -0.4 is 15.5 Å².